The highest BCUT2D eigenvalue weighted by molar-refractivity contribution is 7.78. The lowest BCUT2D eigenvalue weighted by Crippen LogP contribution is -2.14. The van der Waals surface area contributed by atoms with E-state index in [0.29, 0.717) is 6.04 Å². The molecule has 1 aliphatic carbocycles. The van der Waals surface area contributed by atoms with Crippen molar-refractivity contribution >= 4 is 17.4 Å². The van der Waals surface area contributed by atoms with Crippen molar-refractivity contribution in [2.24, 2.45) is 10.9 Å². The van der Waals surface area contributed by atoms with Gasteiger partial charge in [-0.1, -0.05) is 6.92 Å². The average molecular weight is 155 g/mol. The second-order valence-electron chi connectivity index (χ2n) is 3.13. The summed E-state index contributed by atoms with van der Waals surface area (Å²) in [5.74, 6) is 0.900. The first-order valence-electron chi connectivity index (χ1n) is 3.90. The Morgan fingerprint density at radius 2 is 1.90 bits per heavy atom. The van der Waals surface area contributed by atoms with E-state index in [-0.39, 0.29) is 0 Å². The van der Waals surface area contributed by atoms with Crippen LogP contribution in [0.25, 0.3) is 0 Å². The van der Waals surface area contributed by atoms with Gasteiger partial charge in [-0.2, -0.15) is 0 Å². The van der Waals surface area contributed by atoms with E-state index in [0.717, 1.165) is 5.92 Å². The monoisotopic (exact) mass is 155 g/mol. The molecule has 0 aromatic heterocycles. The summed E-state index contributed by atoms with van der Waals surface area (Å²) in [6.07, 6.45) is 5.05. The van der Waals surface area contributed by atoms with Crippen molar-refractivity contribution in [1.29, 1.82) is 0 Å². The topological polar surface area (TPSA) is 12.4 Å². The standard InChI is InChI=1S/C8H13NS/c1-7-2-4-8(5-3-7)9-6-10/h7-8H,2-5H2,1H3. The minimum atomic E-state index is 0.494. The van der Waals surface area contributed by atoms with Gasteiger partial charge in [-0.3, -0.25) is 0 Å². The maximum absolute atomic E-state index is 4.55. The van der Waals surface area contributed by atoms with Gasteiger partial charge in [0.15, 0.2) is 0 Å². The van der Waals surface area contributed by atoms with Crippen molar-refractivity contribution < 1.29 is 0 Å². The van der Waals surface area contributed by atoms with Crippen LogP contribution < -0.4 is 0 Å². The molecule has 0 saturated heterocycles. The zero-order valence-electron chi connectivity index (χ0n) is 6.34. The van der Waals surface area contributed by atoms with Crippen LogP contribution in [0.15, 0.2) is 4.99 Å². The fourth-order valence-electron chi connectivity index (χ4n) is 1.45. The van der Waals surface area contributed by atoms with Crippen LogP contribution in [-0.4, -0.2) is 11.2 Å². The van der Waals surface area contributed by atoms with Crippen molar-refractivity contribution in [1.82, 2.24) is 0 Å². The molecule has 1 nitrogen and oxygen atoms in total. The largest absolute Gasteiger partial charge is 0.229 e. The zero-order chi connectivity index (χ0) is 7.40. The number of hydrogen-bond acceptors (Lipinski definition) is 2. The Morgan fingerprint density at radius 1 is 1.30 bits per heavy atom. The predicted octanol–water partition coefficient (Wildman–Crippen LogP) is 2.67. The number of isothiocyanates is 1. The van der Waals surface area contributed by atoms with E-state index in [2.05, 4.69) is 29.3 Å². The lowest BCUT2D eigenvalue weighted by atomic mass is 9.88. The van der Waals surface area contributed by atoms with E-state index in [4.69, 9.17) is 0 Å². The van der Waals surface area contributed by atoms with Gasteiger partial charge in [-0.15, -0.1) is 0 Å². The van der Waals surface area contributed by atoms with Gasteiger partial charge in [0.05, 0.1) is 11.2 Å². The van der Waals surface area contributed by atoms with Crippen molar-refractivity contribution in [3.63, 3.8) is 0 Å². The molecular weight excluding hydrogens is 142 g/mol. The van der Waals surface area contributed by atoms with Gasteiger partial charge in [0.1, 0.15) is 0 Å². The fourth-order valence-corrected chi connectivity index (χ4v) is 1.60. The Bertz CT molecular complexity index is 141. The molecule has 0 amide bonds. The Kier molecular flexibility index (Phi) is 3.04. The van der Waals surface area contributed by atoms with Crippen LogP contribution in [0.3, 0.4) is 0 Å². The lowest BCUT2D eigenvalue weighted by molar-refractivity contribution is 0.350. The van der Waals surface area contributed by atoms with Crippen molar-refractivity contribution in [2.75, 3.05) is 0 Å². The maximum Gasteiger partial charge on any atom is 0.0603 e. The molecule has 0 atom stereocenters. The first-order valence-corrected chi connectivity index (χ1v) is 4.30. The molecule has 10 heavy (non-hydrogen) atoms. The molecule has 0 bridgehead atoms. The first-order chi connectivity index (χ1) is 4.83. The quantitative estimate of drug-likeness (QED) is 0.419. The van der Waals surface area contributed by atoms with Crippen molar-refractivity contribution in [3.8, 4) is 0 Å². The van der Waals surface area contributed by atoms with E-state index in [1.54, 1.807) is 0 Å². The highest BCUT2D eigenvalue weighted by Gasteiger charge is 2.16. The lowest BCUT2D eigenvalue weighted by Gasteiger charge is -2.21. The average Bonchev–Trinajstić information content (AvgIpc) is 1.95. The molecule has 0 aromatic carbocycles. The van der Waals surface area contributed by atoms with Crippen LogP contribution in [0.1, 0.15) is 32.6 Å². The van der Waals surface area contributed by atoms with Crippen molar-refractivity contribution in [3.05, 3.63) is 0 Å². The summed E-state index contributed by atoms with van der Waals surface area (Å²) in [6.45, 7) is 2.30. The molecule has 0 aliphatic heterocycles. The van der Waals surface area contributed by atoms with Crippen LogP contribution in [-0.2, 0) is 0 Å². The third kappa shape index (κ3) is 2.20. The first kappa shape index (κ1) is 7.90. The highest BCUT2D eigenvalue weighted by Crippen LogP contribution is 2.24. The number of hydrogen-bond donors (Lipinski definition) is 0. The second-order valence-corrected chi connectivity index (χ2v) is 3.32. The number of rotatable bonds is 1. The summed E-state index contributed by atoms with van der Waals surface area (Å²) in [7, 11) is 0. The van der Waals surface area contributed by atoms with Gasteiger partial charge in [-0.25, -0.2) is 4.99 Å². The molecule has 2 heteroatoms. The summed E-state index contributed by atoms with van der Waals surface area (Å²) in [6, 6.07) is 0.494. The van der Waals surface area contributed by atoms with Gasteiger partial charge in [0, 0.05) is 0 Å². The van der Waals surface area contributed by atoms with Crippen molar-refractivity contribution in [2.45, 2.75) is 38.6 Å². The Balaban J connectivity index is 2.32. The van der Waals surface area contributed by atoms with Crippen LogP contribution >= 0.6 is 12.2 Å². The molecule has 1 fully saturated rings. The SMILES string of the molecule is CC1CCC(N=C=S)CC1. The predicted molar refractivity (Wildman–Crippen MR) is 46.4 cm³/mol. The second kappa shape index (κ2) is 3.85. The normalized spacial score (nSPS) is 32.9. The Hall–Kier alpha value is -0.200. The van der Waals surface area contributed by atoms with E-state index in [1.807, 2.05) is 0 Å². The van der Waals surface area contributed by atoms with E-state index in [1.165, 1.54) is 25.7 Å². The molecule has 1 rings (SSSR count). The molecule has 0 radical (unpaired) electrons. The third-order valence-electron chi connectivity index (χ3n) is 2.22. The van der Waals surface area contributed by atoms with Gasteiger partial charge in [-0.05, 0) is 43.8 Å². The molecule has 0 spiro atoms. The summed E-state index contributed by atoms with van der Waals surface area (Å²) in [5.41, 5.74) is 0. The van der Waals surface area contributed by atoms with E-state index >= 15 is 0 Å². The minimum absolute atomic E-state index is 0.494. The van der Waals surface area contributed by atoms with Crippen LogP contribution in [0, 0.1) is 5.92 Å². The third-order valence-corrected chi connectivity index (χ3v) is 2.33. The van der Waals surface area contributed by atoms with Crippen LogP contribution in [0.5, 0.6) is 0 Å². The van der Waals surface area contributed by atoms with Crippen LogP contribution in [0.4, 0.5) is 0 Å². The summed E-state index contributed by atoms with van der Waals surface area (Å²) in [4.78, 5) is 4.08. The smallest absolute Gasteiger partial charge is 0.0603 e. The summed E-state index contributed by atoms with van der Waals surface area (Å²) in [5, 5.41) is 2.46. The number of nitrogens with zero attached hydrogens (tertiary/aromatic N) is 1. The molecular formula is C8H13NS. The molecule has 0 unspecified atom stereocenters. The van der Waals surface area contributed by atoms with Crippen LogP contribution in [0.2, 0.25) is 0 Å². The van der Waals surface area contributed by atoms with Gasteiger partial charge in [0.2, 0.25) is 0 Å². The zero-order valence-corrected chi connectivity index (χ0v) is 7.16. The molecule has 1 saturated carbocycles. The Labute approximate surface area is 67.5 Å². The molecule has 56 valence electrons. The minimum Gasteiger partial charge on any atom is -0.229 e. The summed E-state index contributed by atoms with van der Waals surface area (Å²) >= 11 is 4.55. The molecule has 0 aromatic rings. The number of aliphatic imine (C=N–C) groups is 1. The highest BCUT2D eigenvalue weighted by atomic mass is 32.1. The van der Waals surface area contributed by atoms with E-state index in [9.17, 15) is 0 Å². The summed E-state index contributed by atoms with van der Waals surface area (Å²) < 4.78 is 0. The van der Waals surface area contributed by atoms with Gasteiger partial charge in [0.25, 0.3) is 0 Å². The molecule has 0 heterocycles. The van der Waals surface area contributed by atoms with E-state index < -0.39 is 0 Å². The maximum atomic E-state index is 4.55. The molecule has 0 N–H and O–H groups in total. The molecule has 1 aliphatic rings. The fraction of sp³-hybridized carbons (Fsp3) is 0.875. The van der Waals surface area contributed by atoms with Gasteiger partial charge >= 0.3 is 0 Å². The van der Waals surface area contributed by atoms with Gasteiger partial charge < -0.3 is 0 Å². The Morgan fingerprint density at radius 3 is 2.40 bits per heavy atom. The number of thiocarbonyl (C=S) groups is 1.